The van der Waals surface area contributed by atoms with E-state index in [0.29, 0.717) is 17.6 Å². The Morgan fingerprint density at radius 2 is 1.76 bits per heavy atom. The van der Waals surface area contributed by atoms with Crippen molar-refractivity contribution in [2.75, 3.05) is 36.8 Å². The lowest BCUT2D eigenvalue weighted by Crippen LogP contribution is -2.48. The summed E-state index contributed by atoms with van der Waals surface area (Å²) < 4.78 is 5.18. The first-order valence-electron chi connectivity index (χ1n) is 7.45. The quantitative estimate of drug-likeness (QED) is 0.939. The molecule has 1 fully saturated rings. The summed E-state index contributed by atoms with van der Waals surface area (Å²) in [6.45, 7) is 8.91. The van der Waals surface area contributed by atoms with Crippen LogP contribution in [0.3, 0.4) is 0 Å². The van der Waals surface area contributed by atoms with E-state index in [4.69, 9.17) is 10.3 Å². The van der Waals surface area contributed by atoms with Crippen LogP contribution in [0.1, 0.15) is 13.8 Å². The molecule has 2 N–H and O–H groups in total. The molecule has 0 bridgehead atoms. The molecule has 112 valence electrons. The summed E-state index contributed by atoms with van der Waals surface area (Å²) in [6, 6.07) is 10.8. The molecule has 1 aliphatic rings. The SMILES string of the molecule is CC(C)N1CCN(c2ccc(-c3cc(N)no3)cc2)CC1. The van der Waals surface area contributed by atoms with Gasteiger partial charge in [-0.15, -0.1) is 0 Å². The van der Waals surface area contributed by atoms with Crippen LogP contribution in [0.25, 0.3) is 11.3 Å². The highest BCUT2D eigenvalue weighted by molar-refractivity contribution is 5.63. The van der Waals surface area contributed by atoms with Gasteiger partial charge in [0.1, 0.15) is 0 Å². The molecule has 1 aromatic heterocycles. The van der Waals surface area contributed by atoms with Gasteiger partial charge in [-0.05, 0) is 38.1 Å². The van der Waals surface area contributed by atoms with Crippen molar-refractivity contribution in [3.05, 3.63) is 30.3 Å². The summed E-state index contributed by atoms with van der Waals surface area (Å²) in [5.74, 6) is 1.13. The Hall–Kier alpha value is -2.01. The van der Waals surface area contributed by atoms with Crippen molar-refractivity contribution in [3.8, 4) is 11.3 Å². The van der Waals surface area contributed by atoms with Crippen LogP contribution < -0.4 is 10.6 Å². The first-order chi connectivity index (χ1) is 10.1. The molecule has 5 heteroatoms. The number of benzene rings is 1. The average Bonchev–Trinajstić information content (AvgIpc) is 2.94. The molecule has 2 heterocycles. The number of nitrogens with zero attached hydrogens (tertiary/aromatic N) is 3. The lowest BCUT2D eigenvalue weighted by atomic mass is 10.1. The van der Waals surface area contributed by atoms with Gasteiger partial charge in [0.25, 0.3) is 0 Å². The average molecular weight is 286 g/mol. The van der Waals surface area contributed by atoms with Crippen LogP contribution in [-0.2, 0) is 0 Å². The van der Waals surface area contributed by atoms with Crippen LogP contribution >= 0.6 is 0 Å². The minimum Gasteiger partial charge on any atom is -0.381 e. The van der Waals surface area contributed by atoms with Crippen molar-refractivity contribution < 1.29 is 4.52 Å². The molecule has 1 aliphatic heterocycles. The molecule has 0 unspecified atom stereocenters. The van der Waals surface area contributed by atoms with Gasteiger partial charge in [-0.2, -0.15) is 0 Å². The third-order valence-electron chi connectivity index (χ3n) is 4.09. The molecule has 0 spiro atoms. The van der Waals surface area contributed by atoms with E-state index in [2.05, 4.69) is 53.1 Å². The van der Waals surface area contributed by atoms with Crippen LogP contribution in [0, 0.1) is 0 Å². The highest BCUT2D eigenvalue weighted by atomic mass is 16.5. The van der Waals surface area contributed by atoms with E-state index in [1.54, 1.807) is 6.07 Å². The predicted molar refractivity (Wildman–Crippen MR) is 85.3 cm³/mol. The van der Waals surface area contributed by atoms with Crippen molar-refractivity contribution >= 4 is 11.5 Å². The summed E-state index contributed by atoms with van der Waals surface area (Å²) in [4.78, 5) is 4.94. The molecule has 0 aliphatic carbocycles. The van der Waals surface area contributed by atoms with Gasteiger partial charge in [-0.25, -0.2) is 0 Å². The standard InChI is InChI=1S/C16H22N4O/c1-12(2)19-7-9-20(10-8-19)14-5-3-13(4-6-14)15-11-16(17)18-21-15/h3-6,11-12H,7-10H2,1-2H3,(H2,17,18). The number of aromatic nitrogens is 1. The summed E-state index contributed by atoms with van der Waals surface area (Å²) in [5, 5.41) is 3.72. The Morgan fingerprint density at radius 3 is 2.29 bits per heavy atom. The molecule has 2 aromatic rings. The van der Waals surface area contributed by atoms with Gasteiger partial charge in [0, 0.05) is 49.5 Å². The smallest absolute Gasteiger partial charge is 0.169 e. The predicted octanol–water partition coefficient (Wildman–Crippen LogP) is 2.45. The fraction of sp³-hybridized carbons (Fsp3) is 0.438. The molecule has 0 radical (unpaired) electrons. The van der Waals surface area contributed by atoms with Crippen molar-refractivity contribution in [1.82, 2.24) is 10.1 Å². The second-order valence-corrected chi connectivity index (χ2v) is 5.78. The number of nitrogens with two attached hydrogens (primary N) is 1. The lowest BCUT2D eigenvalue weighted by molar-refractivity contribution is 0.209. The van der Waals surface area contributed by atoms with Gasteiger partial charge < -0.3 is 15.2 Å². The minimum atomic E-state index is 0.416. The first kappa shape index (κ1) is 13.9. The first-order valence-corrected chi connectivity index (χ1v) is 7.45. The van der Waals surface area contributed by atoms with E-state index in [9.17, 15) is 0 Å². The van der Waals surface area contributed by atoms with E-state index in [1.165, 1.54) is 5.69 Å². The van der Waals surface area contributed by atoms with Crippen molar-refractivity contribution in [2.45, 2.75) is 19.9 Å². The van der Waals surface area contributed by atoms with E-state index >= 15 is 0 Å². The molecule has 5 nitrogen and oxygen atoms in total. The highest BCUT2D eigenvalue weighted by Crippen LogP contribution is 2.25. The largest absolute Gasteiger partial charge is 0.381 e. The molecular weight excluding hydrogens is 264 g/mol. The Balaban J connectivity index is 1.68. The second kappa shape index (κ2) is 5.77. The molecule has 3 rings (SSSR count). The van der Waals surface area contributed by atoms with E-state index in [0.717, 1.165) is 31.7 Å². The van der Waals surface area contributed by atoms with Gasteiger partial charge in [-0.1, -0.05) is 5.16 Å². The summed E-state index contributed by atoms with van der Waals surface area (Å²) in [7, 11) is 0. The normalized spacial score (nSPS) is 16.6. The maximum Gasteiger partial charge on any atom is 0.169 e. The van der Waals surface area contributed by atoms with Gasteiger partial charge in [-0.3, -0.25) is 4.90 Å². The van der Waals surface area contributed by atoms with Crippen molar-refractivity contribution in [2.24, 2.45) is 0 Å². The van der Waals surface area contributed by atoms with Crippen LogP contribution in [0.15, 0.2) is 34.9 Å². The maximum atomic E-state index is 5.58. The fourth-order valence-electron chi connectivity index (χ4n) is 2.76. The zero-order valence-electron chi connectivity index (χ0n) is 12.6. The monoisotopic (exact) mass is 286 g/mol. The highest BCUT2D eigenvalue weighted by Gasteiger charge is 2.19. The number of hydrogen-bond donors (Lipinski definition) is 1. The van der Waals surface area contributed by atoms with Crippen LogP contribution in [0.2, 0.25) is 0 Å². The van der Waals surface area contributed by atoms with Crippen molar-refractivity contribution in [3.63, 3.8) is 0 Å². The second-order valence-electron chi connectivity index (χ2n) is 5.78. The third-order valence-corrected chi connectivity index (χ3v) is 4.09. The third kappa shape index (κ3) is 3.03. The molecule has 1 aromatic carbocycles. The summed E-state index contributed by atoms with van der Waals surface area (Å²) in [5.41, 5.74) is 7.84. The molecule has 1 saturated heterocycles. The minimum absolute atomic E-state index is 0.416. The van der Waals surface area contributed by atoms with Crippen LogP contribution in [0.4, 0.5) is 11.5 Å². The summed E-state index contributed by atoms with van der Waals surface area (Å²) in [6.07, 6.45) is 0. The Kier molecular flexibility index (Phi) is 3.84. The lowest BCUT2D eigenvalue weighted by Gasteiger charge is -2.38. The number of nitrogen functional groups attached to an aromatic ring is 1. The molecule has 0 saturated carbocycles. The number of anilines is 2. The van der Waals surface area contributed by atoms with E-state index < -0.39 is 0 Å². The zero-order chi connectivity index (χ0) is 14.8. The number of piperazine rings is 1. The van der Waals surface area contributed by atoms with Gasteiger partial charge in [0.05, 0.1) is 0 Å². The van der Waals surface area contributed by atoms with Gasteiger partial charge >= 0.3 is 0 Å². The Labute approximate surface area is 125 Å². The summed E-state index contributed by atoms with van der Waals surface area (Å²) >= 11 is 0. The fourth-order valence-corrected chi connectivity index (χ4v) is 2.76. The zero-order valence-corrected chi connectivity index (χ0v) is 12.6. The topological polar surface area (TPSA) is 58.5 Å². The van der Waals surface area contributed by atoms with E-state index in [-0.39, 0.29) is 0 Å². The Bertz CT molecular complexity index is 583. The Morgan fingerprint density at radius 1 is 1.10 bits per heavy atom. The number of hydrogen-bond acceptors (Lipinski definition) is 5. The van der Waals surface area contributed by atoms with Crippen molar-refractivity contribution in [1.29, 1.82) is 0 Å². The van der Waals surface area contributed by atoms with Crippen LogP contribution in [-0.4, -0.2) is 42.3 Å². The number of rotatable bonds is 3. The molecule has 21 heavy (non-hydrogen) atoms. The molecular formula is C16H22N4O. The maximum absolute atomic E-state index is 5.58. The van der Waals surface area contributed by atoms with Gasteiger partial charge in [0.15, 0.2) is 11.6 Å². The molecule has 0 atom stereocenters. The molecule has 0 amide bonds. The van der Waals surface area contributed by atoms with Crippen LogP contribution in [0.5, 0.6) is 0 Å². The van der Waals surface area contributed by atoms with Gasteiger partial charge in [0.2, 0.25) is 0 Å². The van der Waals surface area contributed by atoms with E-state index in [1.807, 2.05) is 0 Å².